The quantitative estimate of drug-likeness (QED) is 0.107. The first-order valence-electron chi connectivity index (χ1n) is 22.0. The molecule has 2 saturated heterocycles. The third-order valence-corrected chi connectivity index (χ3v) is 14.2. The fraction of sp³-hybridized carbons (Fsp3) is 0.388. The first-order valence-corrected chi connectivity index (χ1v) is 22.0. The zero-order chi connectivity index (χ0) is 43.7. The van der Waals surface area contributed by atoms with Crippen molar-refractivity contribution >= 4 is 45.8 Å². The highest BCUT2D eigenvalue weighted by Gasteiger charge is 2.61. The Bertz CT molecular complexity index is 2730. The summed E-state index contributed by atoms with van der Waals surface area (Å²) in [6.45, 7) is 6.04. The number of nitrogens with zero attached hydrogens (tertiary/aromatic N) is 4. The smallest absolute Gasteiger partial charge is 0.407 e. The monoisotopic (exact) mass is 848 g/mol. The number of likely N-dealkylation sites (tertiary alicyclic amines) is 2. The zero-order valence-electron chi connectivity index (χ0n) is 36.0. The van der Waals surface area contributed by atoms with E-state index < -0.39 is 24.3 Å². The van der Waals surface area contributed by atoms with E-state index in [4.69, 9.17) is 19.4 Å². The van der Waals surface area contributed by atoms with E-state index in [-0.39, 0.29) is 47.8 Å². The van der Waals surface area contributed by atoms with Gasteiger partial charge in [-0.1, -0.05) is 93.6 Å². The summed E-state index contributed by atoms with van der Waals surface area (Å²) >= 11 is 0. The molecule has 4 fully saturated rings. The molecule has 0 spiro atoms. The molecule has 9 atom stereocenters. The minimum atomic E-state index is -0.878. The molecule has 63 heavy (non-hydrogen) atoms. The lowest BCUT2D eigenvalue weighted by Crippen LogP contribution is -2.52. The van der Waals surface area contributed by atoms with Crippen molar-refractivity contribution in [2.24, 2.45) is 23.7 Å². The van der Waals surface area contributed by atoms with Crippen LogP contribution in [0.25, 0.3) is 44.2 Å². The van der Waals surface area contributed by atoms with E-state index in [2.05, 4.69) is 82.1 Å². The second kappa shape index (κ2) is 15.9. The minimum absolute atomic E-state index is 0.0720. The minimum Gasteiger partial charge on any atom is -0.453 e. The molecule has 6 aromatic rings. The summed E-state index contributed by atoms with van der Waals surface area (Å²) in [5.74, 6) is 2.20. The number of nitrogens with one attached hydrogen (secondary N) is 4. The fourth-order valence-corrected chi connectivity index (χ4v) is 10.9. The van der Waals surface area contributed by atoms with Crippen LogP contribution >= 0.6 is 0 Å². The molecular formula is C49H52N8O6. The number of hydrogen-bond acceptors (Lipinski definition) is 8. The third kappa shape index (κ3) is 7.05. The van der Waals surface area contributed by atoms with Gasteiger partial charge in [-0.2, -0.15) is 0 Å². The first-order chi connectivity index (χ1) is 30.5. The lowest BCUT2D eigenvalue weighted by Gasteiger charge is -2.36. The van der Waals surface area contributed by atoms with Crippen LogP contribution in [0.5, 0.6) is 0 Å². The molecule has 2 bridgehead atoms. The van der Waals surface area contributed by atoms with Crippen LogP contribution in [0.4, 0.5) is 9.59 Å². The fourth-order valence-electron chi connectivity index (χ4n) is 10.9. The van der Waals surface area contributed by atoms with Crippen molar-refractivity contribution in [1.29, 1.82) is 0 Å². The van der Waals surface area contributed by atoms with Crippen LogP contribution in [0.15, 0.2) is 91.1 Å². The number of piperidine rings is 2. The number of carbonyl (C=O) groups excluding carboxylic acids is 4. The van der Waals surface area contributed by atoms with Crippen LogP contribution in [0.2, 0.25) is 0 Å². The van der Waals surface area contributed by atoms with E-state index in [1.54, 1.807) is 0 Å². The molecule has 10 rings (SSSR count). The molecular weight excluding hydrogens is 797 g/mol. The van der Waals surface area contributed by atoms with Gasteiger partial charge in [-0.3, -0.25) is 9.59 Å². The van der Waals surface area contributed by atoms with Gasteiger partial charge < -0.3 is 39.9 Å². The molecule has 4 N–H and O–H groups in total. The van der Waals surface area contributed by atoms with Gasteiger partial charge in [0.05, 0.1) is 49.2 Å². The van der Waals surface area contributed by atoms with E-state index in [1.807, 2.05) is 60.2 Å². The van der Waals surface area contributed by atoms with Crippen molar-refractivity contribution in [3.05, 3.63) is 108 Å². The van der Waals surface area contributed by atoms with Gasteiger partial charge in [0, 0.05) is 17.5 Å². The highest BCUT2D eigenvalue weighted by atomic mass is 16.5. The largest absolute Gasteiger partial charge is 0.453 e. The summed E-state index contributed by atoms with van der Waals surface area (Å²) < 4.78 is 9.75. The molecule has 4 aliphatic rings. The summed E-state index contributed by atoms with van der Waals surface area (Å²) in [5.41, 5.74) is 6.44. The number of rotatable bonds is 10. The summed E-state index contributed by atoms with van der Waals surface area (Å²) in [7, 11) is 2.61. The summed E-state index contributed by atoms with van der Waals surface area (Å²) in [6.07, 6.45) is 4.22. The van der Waals surface area contributed by atoms with Gasteiger partial charge in [-0.15, -0.1) is 0 Å². The maximum atomic E-state index is 14.3. The number of alkyl carbamates (subject to hydrolysis) is 2. The lowest BCUT2D eigenvalue weighted by atomic mass is 9.96. The third-order valence-electron chi connectivity index (χ3n) is 14.2. The Morgan fingerprint density at radius 1 is 0.778 bits per heavy atom. The Kier molecular flexibility index (Phi) is 10.2. The highest BCUT2D eigenvalue weighted by Crippen LogP contribution is 2.58. The highest BCUT2D eigenvalue weighted by molar-refractivity contribution is 6.05. The Labute approximate surface area is 365 Å². The molecule has 3 unspecified atom stereocenters. The van der Waals surface area contributed by atoms with Gasteiger partial charge in [0.2, 0.25) is 5.91 Å². The molecule has 0 radical (unpaired) electrons. The zero-order valence-corrected chi connectivity index (χ0v) is 36.0. The Morgan fingerprint density at radius 3 is 2.25 bits per heavy atom. The predicted octanol–water partition coefficient (Wildman–Crippen LogP) is 8.21. The Hall–Kier alpha value is -6.70. The molecule has 14 heteroatoms. The molecule has 2 aliphatic carbocycles. The van der Waals surface area contributed by atoms with E-state index in [9.17, 15) is 19.2 Å². The van der Waals surface area contributed by atoms with Crippen molar-refractivity contribution in [3.8, 4) is 22.4 Å². The van der Waals surface area contributed by atoms with Crippen LogP contribution < -0.4 is 10.6 Å². The molecule has 14 nitrogen and oxygen atoms in total. The predicted molar refractivity (Wildman–Crippen MR) is 237 cm³/mol. The molecule has 4 amide bonds. The standard InChI is InChI=1S/C49H52N8O6/c1-25(2)39(54-48(60)62-4)46(58)57-38(23-35-26(3)42(35)57)44-51-36-20-17-31-21-30(16-19-34(31)41(36)53-44)27-11-13-28(14-12-27)37-24-50-45(52-37)43-32-15-18-33(22-32)56(43)47(59)40(55-49(61)63-5)29-9-7-6-8-10-29/h6-14,16-17,19-21,24-26,32-33,35,38-40,42-43H,15,18,22-23H2,1-5H3,(H,50,52)(H,51,53)(H,54,60)(H,55,61)/t26?,32-,33+,35?,38-,39-,40+,42?,43-/m0/s1. The second-order valence-corrected chi connectivity index (χ2v) is 18.0. The number of hydrogen-bond donors (Lipinski definition) is 4. The maximum Gasteiger partial charge on any atom is 0.407 e. The summed E-state index contributed by atoms with van der Waals surface area (Å²) in [5, 5.41) is 7.62. The van der Waals surface area contributed by atoms with Gasteiger partial charge in [-0.05, 0) is 89.1 Å². The molecule has 4 heterocycles. The average Bonchev–Trinajstić information content (AvgIpc) is 4.04. The van der Waals surface area contributed by atoms with Crippen LogP contribution in [-0.2, 0) is 19.1 Å². The van der Waals surface area contributed by atoms with Crippen molar-refractivity contribution < 1.29 is 28.7 Å². The van der Waals surface area contributed by atoms with E-state index >= 15 is 0 Å². The molecule has 2 aromatic heterocycles. The number of H-pyrrole nitrogens is 2. The van der Waals surface area contributed by atoms with Crippen LogP contribution in [0.1, 0.15) is 81.8 Å². The number of ether oxygens (including phenoxy) is 2. The number of aromatic amines is 2. The number of aromatic nitrogens is 4. The van der Waals surface area contributed by atoms with Crippen molar-refractivity contribution in [1.82, 2.24) is 40.4 Å². The van der Waals surface area contributed by atoms with Crippen LogP contribution in [-0.4, -0.2) is 86.1 Å². The van der Waals surface area contributed by atoms with Gasteiger partial charge in [0.25, 0.3) is 5.91 Å². The molecule has 324 valence electrons. The molecule has 2 saturated carbocycles. The first kappa shape index (κ1) is 40.4. The van der Waals surface area contributed by atoms with E-state index in [0.29, 0.717) is 17.4 Å². The average molecular weight is 849 g/mol. The molecule has 2 aliphatic heterocycles. The van der Waals surface area contributed by atoms with Crippen molar-refractivity contribution in [2.75, 3.05) is 14.2 Å². The number of benzene rings is 4. The number of fused-ring (bicyclic) bond motifs is 6. The Morgan fingerprint density at radius 2 is 1.51 bits per heavy atom. The van der Waals surface area contributed by atoms with Gasteiger partial charge in [0.1, 0.15) is 23.7 Å². The van der Waals surface area contributed by atoms with Gasteiger partial charge in [-0.25, -0.2) is 19.6 Å². The topological polar surface area (TPSA) is 175 Å². The van der Waals surface area contributed by atoms with Crippen LogP contribution in [0.3, 0.4) is 0 Å². The number of methoxy groups -OCH3 is 2. The van der Waals surface area contributed by atoms with E-state index in [0.717, 1.165) is 81.5 Å². The number of amides is 4. The second-order valence-electron chi connectivity index (χ2n) is 18.0. The van der Waals surface area contributed by atoms with Crippen molar-refractivity contribution in [2.45, 2.75) is 82.7 Å². The maximum absolute atomic E-state index is 14.3. The van der Waals surface area contributed by atoms with E-state index in [1.165, 1.54) is 14.2 Å². The Balaban J connectivity index is 0.876. The number of carbonyl (C=O) groups is 4. The number of imidazole rings is 2. The SMILES string of the molecule is COC(=O)N[C@H](C(=O)N1C2C(C)C2C[C@H]1c1nc2c(ccc3cc(-c4ccc(-c5cnc([C@@H]6[C@H]7CC[C@H](C7)N6C(=O)[C@H](NC(=O)OC)c6ccccc6)[nH]5)cc4)ccc32)[nH]1)C(C)C. The van der Waals surface area contributed by atoms with Crippen LogP contribution in [0, 0.1) is 23.7 Å². The van der Waals surface area contributed by atoms with Crippen molar-refractivity contribution in [3.63, 3.8) is 0 Å². The molecule has 4 aromatic carbocycles. The summed E-state index contributed by atoms with van der Waals surface area (Å²) in [6, 6.07) is 26.4. The summed E-state index contributed by atoms with van der Waals surface area (Å²) in [4.78, 5) is 74.0. The van der Waals surface area contributed by atoms with Gasteiger partial charge >= 0.3 is 12.2 Å². The van der Waals surface area contributed by atoms with Gasteiger partial charge in [0.15, 0.2) is 0 Å². The lowest BCUT2D eigenvalue weighted by molar-refractivity contribution is -0.138. The normalized spacial score (nSPS) is 24.4.